The Morgan fingerprint density at radius 2 is 1.94 bits per heavy atom. The van der Waals surface area contributed by atoms with Crippen molar-refractivity contribution in [2.45, 2.75) is 12.3 Å². The second-order valence-electron chi connectivity index (χ2n) is 3.64. The van der Waals surface area contributed by atoms with E-state index >= 15 is 0 Å². The van der Waals surface area contributed by atoms with Gasteiger partial charge in [-0.2, -0.15) is 0 Å². The molecule has 1 aromatic carbocycles. The van der Waals surface area contributed by atoms with Crippen LogP contribution in [0.3, 0.4) is 0 Å². The summed E-state index contributed by atoms with van der Waals surface area (Å²) >= 11 is 21.0. The van der Waals surface area contributed by atoms with Gasteiger partial charge in [0, 0.05) is 9.35 Å². The summed E-state index contributed by atoms with van der Waals surface area (Å²) < 4.78 is 2.00. The number of benzene rings is 1. The largest absolute Gasteiger partial charge is 0.131 e. The fourth-order valence-electron chi connectivity index (χ4n) is 1.44. The van der Waals surface area contributed by atoms with Crippen LogP contribution in [0.25, 0.3) is 0 Å². The van der Waals surface area contributed by atoms with E-state index in [9.17, 15) is 0 Å². The molecule has 1 unspecified atom stereocenters. The third kappa shape index (κ3) is 3.07. The first-order valence-electron chi connectivity index (χ1n) is 4.84. The lowest BCUT2D eigenvalue weighted by molar-refractivity contribution is 1.18. The van der Waals surface area contributed by atoms with Gasteiger partial charge in [0.2, 0.25) is 0 Å². The van der Waals surface area contributed by atoms with Crippen molar-refractivity contribution in [1.29, 1.82) is 0 Å². The molecule has 1 aromatic heterocycles. The van der Waals surface area contributed by atoms with Gasteiger partial charge >= 0.3 is 0 Å². The Kier molecular flexibility index (Phi) is 4.59. The molecule has 0 aliphatic heterocycles. The minimum absolute atomic E-state index is 0.140. The fourth-order valence-corrected chi connectivity index (χ4v) is 3.87. The number of halogens is 4. The van der Waals surface area contributed by atoms with E-state index < -0.39 is 0 Å². The van der Waals surface area contributed by atoms with Crippen molar-refractivity contribution in [3.8, 4) is 0 Å². The van der Waals surface area contributed by atoms with Crippen LogP contribution in [0, 0.1) is 6.92 Å². The van der Waals surface area contributed by atoms with Gasteiger partial charge < -0.3 is 0 Å². The summed E-state index contributed by atoms with van der Waals surface area (Å²) in [6, 6.07) is 7.87. The molecule has 0 N–H and O–H groups in total. The number of hydrogen-bond acceptors (Lipinski definition) is 1. The first-order valence-corrected chi connectivity index (χ1v) is 8.05. The quantitative estimate of drug-likeness (QED) is 0.488. The molecule has 0 saturated carbocycles. The highest BCUT2D eigenvalue weighted by Gasteiger charge is 2.15. The number of rotatable bonds is 2. The van der Waals surface area contributed by atoms with Crippen LogP contribution < -0.4 is 0 Å². The molecule has 0 amide bonds. The standard InChI is InChI=1S/C12H8Br2Cl2S/c1-6-4-10(17-12(6)14)11(16)7-2-3-9(15)8(13)5-7/h2-5,11H,1H3. The first-order chi connectivity index (χ1) is 7.99. The third-order valence-electron chi connectivity index (χ3n) is 2.36. The van der Waals surface area contributed by atoms with Gasteiger partial charge in [-0.05, 0) is 68.1 Å². The average Bonchev–Trinajstić information content (AvgIpc) is 2.62. The van der Waals surface area contributed by atoms with Crippen LogP contribution in [-0.4, -0.2) is 0 Å². The number of hydrogen-bond donors (Lipinski definition) is 0. The van der Waals surface area contributed by atoms with Crippen molar-refractivity contribution < 1.29 is 0 Å². The average molecular weight is 415 g/mol. The van der Waals surface area contributed by atoms with Crippen LogP contribution in [0.1, 0.15) is 21.4 Å². The molecule has 0 bridgehead atoms. The van der Waals surface area contributed by atoms with Crippen molar-refractivity contribution in [3.05, 3.63) is 53.6 Å². The molecule has 1 atom stereocenters. The van der Waals surface area contributed by atoms with E-state index in [0.717, 1.165) is 18.7 Å². The van der Waals surface area contributed by atoms with Gasteiger partial charge in [0.1, 0.15) is 0 Å². The van der Waals surface area contributed by atoms with E-state index in [-0.39, 0.29) is 5.38 Å². The van der Waals surface area contributed by atoms with Gasteiger partial charge in [0.15, 0.2) is 0 Å². The van der Waals surface area contributed by atoms with E-state index in [1.165, 1.54) is 5.56 Å². The van der Waals surface area contributed by atoms with Crippen LogP contribution in [0.5, 0.6) is 0 Å². The Hall–Kier alpha value is 0.460. The Balaban J connectivity index is 2.36. The fraction of sp³-hybridized carbons (Fsp3) is 0.167. The van der Waals surface area contributed by atoms with Gasteiger partial charge in [-0.15, -0.1) is 22.9 Å². The lowest BCUT2D eigenvalue weighted by Gasteiger charge is -2.08. The predicted molar refractivity (Wildman–Crippen MR) is 83.6 cm³/mol. The molecular weight excluding hydrogens is 407 g/mol. The summed E-state index contributed by atoms with van der Waals surface area (Å²) in [7, 11) is 0. The summed E-state index contributed by atoms with van der Waals surface area (Å²) in [6.45, 7) is 2.06. The van der Waals surface area contributed by atoms with E-state index in [1.807, 2.05) is 18.2 Å². The lowest BCUT2D eigenvalue weighted by Crippen LogP contribution is -1.90. The maximum Gasteiger partial charge on any atom is 0.0928 e. The molecule has 2 rings (SSSR count). The van der Waals surface area contributed by atoms with Crippen molar-refractivity contribution in [1.82, 2.24) is 0 Å². The van der Waals surface area contributed by atoms with Gasteiger partial charge in [-0.1, -0.05) is 17.7 Å². The Bertz CT molecular complexity index is 532. The van der Waals surface area contributed by atoms with Gasteiger partial charge in [-0.3, -0.25) is 0 Å². The highest BCUT2D eigenvalue weighted by molar-refractivity contribution is 9.11. The number of thiophene rings is 1. The summed E-state index contributed by atoms with van der Waals surface area (Å²) in [6.07, 6.45) is 0. The van der Waals surface area contributed by atoms with Crippen molar-refractivity contribution >= 4 is 66.4 Å². The first kappa shape index (κ1) is 13.9. The molecule has 0 aliphatic rings. The number of alkyl halides is 1. The van der Waals surface area contributed by atoms with E-state index in [0.29, 0.717) is 5.02 Å². The molecule has 0 spiro atoms. The molecule has 0 aliphatic carbocycles. The molecule has 17 heavy (non-hydrogen) atoms. The molecule has 90 valence electrons. The monoisotopic (exact) mass is 412 g/mol. The maximum absolute atomic E-state index is 6.47. The zero-order valence-corrected chi connectivity index (χ0v) is 14.3. The van der Waals surface area contributed by atoms with Crippen LogP contribution in [0.4, 0.5) is 0 Å². The topological polar surface area (TPSA) is 0 Å². The van der Waals surface area contributed by atoms with Gasteiger partial charge in [-0.25, -0.2) is 0 Å². The minimum atomic E-state index is -0.140. The predicted octanol–water partition coefficient (Wildman–Crippen LogP) is 6.56. The van der Waals surface area contributed by atoms with Crippen molar-refractivity contribution in [3.63, 3.8) is 0 Å². The van der Waals surface area contributed by atoms with E-state index in [2.05, 4.69) is 44.8 Å². The summed E-state index contributed by atoms with van der Waals surface area (Å²) in [5, 5.41) is 0.555. The summed E-state index contributed by atoms with van der Waals surface area (Å²) in [4.78, 5) is 1.13. The molecule has 1 heterocycles. The van der Waals surface area contributed by atoms with Crippen molar-refractivity contribution in [2.24, 2.45) is 0 Å². The minimum Gasteiger partial charge on any atom is -0.131 e. The smallest absolute Gasteiger partial charge is 0.0928 e. The zero-order chi connectivity index (χ0) is 12.6. The molecule has 0 radical (unpaired) electrons. The second kappa shape index (κ2) is 5.62. The van der Waals surface area contributed by atoms with Crippen molar-refractivity contribution in [2.75, 3.05) is 0 Å². The molecule has 5 heteroatoms. The third-order valence-corrected chi connectivity index (χ3v) is 6.39. The summed E-state index contributed by atoms with van der Waals surface area (Å²) in [5.41, 5.74) is 2.25. The maximum atomic E-state index is 6.47. The zero-order valence-electron chi connectivity index (χ0n) is 8.81. The van der Waals surface area contributed by atoms with Gasteiger partial charge in [0.05, 0.1) is 14.2 Å². The molecule has 0 fully saturated rings. The second-order valence-corrected chi connectivity index (χ2v) is 7.74. The van der Waals surface area contributed by atoms with E-state index in [1.54, 1.807) is 11.3 Å². The molecule has 0 nitrogen and oxygen atoms in total. The lowest BCUT2D eigenvalue weighted by atomic mass is 10.1. The van der Waals surface area contributed by atoms with Gasteiger partial charge in [0.25, 0.3) is 0 Å². The summed E-state index contributed by atoms with van der Waals surface area (Å²) in [5.74, 6) is 0. The normalized spacial score (nSPS) is 12.8. The molecular formula is C12H8Br2Cl2S. The Labute approximate surface area is 131 Å². The van der Waals surface area contributed by atoms with Crippen LogP contribution >= 0.6 is 66.4 Å². The Morgan fingerprint density at radius 3 is 2.47 bits per heavy atom. The van der Waals surface area contributed by atoms with Crippen LogP contribution in [0.2, 0.25) is 5.02 Å². The van der Waals surface area contributed by atoms with Crippen LogP contribution in [-0.2, 0) is 0 Å². The number of aryl methyl sites for hydroxylation is 1. The highest BCUT2D eigenvalue weighted by atomic mass is 79.9. The Morgan fingerprint density at radius 1 is 1.24 bits per heavy atom. The van der Waals surface area contributed by atoms with Crippen LogP contribution in [0.15, 0.2) is 32.5 Å². The SMILES string of the molecule is Cc1cc(C(Cl)c2ccc(Cl)c(Br)c2)sc1Br. The molecule has 0 saturated heterocycles. The highest BCUT2D eigenvalue weighted by Crippen LogP contribution is 2.39. The van der Waals surface area contributed by atoms with E-state index in [4.69, 9.17) is 23.2 Å². The molecule has 2 aromatic rings.